The van der Waals surface area contributed by atoms with E-state index < -0.39 is 11.0 Å². The summed E-state index contributed by atoms with van der Waals surface area (Å²) in [7, 11) is 3.19. The molecule has 0 aliphatic heterocycles. The summed E-state index contributed by atoms with van der Waals surface area (Å²) in [5.41, 5.74) is 0.636. The molecule has 20 heavy (non-hydrogen) atoms. The molecule has 1 rings (SSSR count). The molecular weight excluding hydrogens is 264 g/mol. The number of non-ortho nitro benzene ring substituents is 1. The molecule has 0 radical (unpaired) electrons. The zero-order chi connectivity index (χ0) is 15.0. The summed E-state index contributed by atoms with van der Waals surface area (Å²) >= 11 is 0. The fraction of sp³-hybridized carbons (Fsp3) is 0.538. The van der Waals surface area contributed by atoms with Crippen molar-refractivity contribution in [2.75, 3.05) is 33.9 Å². The second-order valence-corrected chi connectivity index (χ2v) is 4.34. The molecule has 0 aromatic heterocycles. The lowest BCUT2D eigenvalue weighted by Gasteiger charge is -2.17. The summed E-state index contributed by atoms with van der Waals surface area (Å²) in [4.78, 5) is 10.1. The van der Waals surface area contributed by atoms with Crippen LogP contribution in [-0.4, -0.2) is 50.0 Å². The fourth-order valence-corrected chi connectivity index (χ4v) is 1.71. The number of nitrogens with one attached hydrogen (secondary N) is 1. The highest BCUT2D eigenvalue weighted by Crippen LogP contribution is 2.17. The van der Waals surface area contributed by atoms with Crippen molar-refractivity contribution in [2.24, 2.45) is 0 Å². The molecular formula is C13H20N2O5. The standard InChI is InChI=1S/C13H20N2O5/c1-19-9-12(20-2)7-14-8-13(16)10-3-5-11(6-4-10)15(17)18/h3-6,12-14,16H,7-9H2,1-2H3. The van der Waals surface area contributed by atoms with Crippen molar-refractivity contribution < 1.29 is 19.5 Å². The Balaban J connectivity index is 2.42. The highest BCUT2D eigenvalue weighted by Gasteiger charge is 2.12. The lowest BCUT2D eigenvalue weighted by Crippen LogP contribution is -2.34. The first kappa shape index (κ1) is 16.5. The van der Waals surface area contributed by atoms with Crippen LogP contribution in [0.2, 0.25) is 0 Å². The smallest absolute Gasteiger partial charge is 0.269 e. The normalized spacial score (nSPS) is 13.9. The minimum Gasteiger partial charge on any atom is -0.387 e. The maximum Gasteiger partial charge on any atom is 0.269 e. The highest BCUT2D eigenvalue weighted by atomic mass is 16.6. The number of nitro groups is 1. The number of hydrogen-bond donors (Lipinski definition) is 2. The molecule has 0 amide bonds. The molecule has 0 heterocycles. The van der Waals surface area contributed by atoms with Gasteiger partial charge in [-0.3, -0.25) is 10.1 Å². The molecule has 1 aromatic carbocycles. The van der Waals surface area contributed by atoms with Crippen LogP contribution in [0.4, 0.5) is 5.69 Å². The van der Waals surface area contributed by atoms with E-state index in [1.165, 1.54) is 12.1 Å². The van der Waals surface area contributed by atoms with Crippen molar-refractivity contribution >= 4 is 5.69 Å². The largest absolute Gasteiger partial charge is 0.387 e. The molecule has 0 bridgehead atoms. The van der Waals surface area contributed by atoms with Gasteiger partial charge in [-0.25, -0.2) is 0 Å². The number of benzene rings is 1. The van der Waals surface area contributed by atoms with E-state index in [0.717, 1.165) is 0 Å². The topological polar surface area (TPSA) is 93.9 Å². The van der Waals surface area contributed by atoms with Gasteiger partial charge in [0.2, 0.25) is 0 Å². The van der Waals surface area contributed by atoms with Crippen molar-refractivity contribution in [2.45, 2.75) is 12.2 Å². The lowest BCUT2D eigenvalue weighted by atomic mass is 10.1. The van der Waals surface area contributed by atoms with Crippen molar-refractivity contribution in [3.8, 4) is 0 Å². The molecule has 2 N–H and O–H groups in total. The highest BCUT2D eigenvalue weighted by molar-refractivity contribution is 5.33. The quantitative estimate of drug-likeness (QED) is 0.516. The number of ether oxygens (including phenoxy) is 2. The van der Waals surface area contributed by atoms with Gasteiger partial charge in [-0.2, -0.15) is 0 Å². The molecule has 0 saturated heterocycles. The number of aliphatic hydroxyl groups excluding tert-OH is 1. The number of methoxy groups -OCH3 is 2. The van der Waals surface area contributed by atoms with Gasteiger partial charge in [0.05, 0.1) is 23.7 Å². The predicted octanol–water partition coefficient (Wildman–Crippen LogP) is 0.879. The SMILES string of the molecule is COCC(CNCC(O)c1ccc([N+](=O)[O-])cc1)OC. The molecule has 7 heteroatoms. The van der Waals surface area contributed by atoms with Crippen LogP contribution < -0.4 is 5.32 Å². The summed E-state index contributed by atoms with van der Waals surface area (Å²) in [6, 6.07) is 5.85. The van der Waals surface area contributed by atoms with Crippen LogP contribution in [0.3, 0.4) is 0 Å². The summed E-state index contributed by atoms with van der Waals surface area (Å²) in [5.74, 6) is 0. The first-order chi connectivity index (χ1) is 9.58. The Bertz CT molecular complexity index is 410. The van der Waals surface area contributed by atoms with Crippen molar-refractivity contribution in [3.63, 3.8) is 0 Å². The van der Waals surface area contributed by atoms with E-state index in [1.807, 2.05) is 0 Å². The maximum absolute atomic E-state index is 10.5. The van der Waals surface area contributed by atoms with E-state index in [4.69, 9.17) is 9.47 Å². The minimum absolute atomic E-state index is 0.00782. The summed E-state index contributed by atoms with van der Waals surface area (Å²) < 4.78 is 10.2. The number of hydrogen-bond acceptors (Lipinski definition) is 6. The fourth-order valence-electron chi connectivity index (χ4n) is 1.71. The molecule has 112 valence electrons. The van der Waals surface area contributed by atoms with Crippen LogP contribution in [0.5, 0.6) is 0 Å². The second kappa shape index (κ2) is 8.60. The Labute approximate surface area is 117 Å². The Hall–Kier alpha value is -1.54. The first-order valence-corrected chi connectivity index (χ1v) is 6.23. The number of nitrogens with zero attached hydrogens (tertiary/aromatic N) is 1. The van der Waals surface area contributed by atoms with E-state index in [-0.39, 0.29) is 11.8 Å². The number of aliphatic hydroxyl groups is 1. The van der Waals surface area contributed by atoms with Crippen LogP contribution in [0.15, 0.2) is 24.3 Å². The van der Waals surface area contributed by atoms with Gasteiger partial charge in [0.15, 0.2) is 0 Å². The zero-order valence-corrected chi connectivity index (χ0v) is 11.6. The summed E-state index contributed by atoms with van der Waals surface area (Å²) in [5, 5.41) is 23.6. The molecule has 0 aliphatic rings. The average Bonchev–Trinajstić information content (AvgIpc) is 2.46. The second-order valence-electron chi connectivity index (χ2n) is 4.34. The van der Waals surface area contributed by atoms with Crippen LogP contribution in [-0.2, 0) is 9.47 Å². The molecule has 0 spiro atoms. The lowest BCUT2D eigenvalue weighted by molar-refractivity contribution is -0.384. The molecule has 2 unspecified atom stereocenters. The number of nitro benzene ring substituents is 1. The van der Waals surface area contributed by atoms with E-state index in [0.29, 0.717) is 25.3 Å². The third-order valence-electron chi connectivity index (χ3n) is 2.88. The molecule has 0 saturated carbocycles. The van der Waals surface area contributed by atoms with Crippen LogP contribution >= 0.6 is 0 Å². The molecule has 7 nitrogen and oxygen atoms in total. The molecule has 0 fully saturated rings. The third kappa shape index (κ3) is 5.22. The zero-order valence-electron chi connectivity index (χ0n) is 11.6. The van der Waals surface area contributed by atoms with Crippen LogP contribution in [0.1, 0.15) is 11.7 Å². The van der Waals surface area contributed by atoms with E-state index in [1.54, 1.807) is 26.4 Å². The summed E-state index contributed by atoms with van der Waals surface area (Å²) in [6.07, 6.45) is -0.806. The van der Waals surface area contributed by atoms with Gasteiger partial charge in [-0.15, -0.1) is 0 Å². The van der Waals surface area contributed by atoms with Gasteiger partial charge in [-0.05, 0) is 17.7 Å². The van der Waals surface area contributed by atoms with E-state index in [2.05, 4.69) is 5.32 Å². The summed E-state index contributed by atoms with van der Waals surface area (Å²) in [6.45, 7) is 1.35. The maximum atomic E-state index is 10.5. The van der Waals surface area contributed by atoms with Gasteiger partial charge in [0, 0.05) is 39.4 Å². The van der Waals surface area contributed by atoms with Crippen molar-refractivity contribution in [1.29, 1.82) is 0 Å². The van der Waals surface area contributed by atoms with Gasteiger partial charge in [0.25, 0.3) is 5.69 Å². The van der Waals surface area contributed by atoms with Gasteiger partial charge in [0.1, 0.15) is 0 Å². The Morgan fingerprint density at radius 3 is 2.45 bits per heavy atom. The van der Waals surface area contributed by atoms with Gasteiger partial charge < -0.3 is 19.9 Å². The van der Waals surface area contributed by atoms with Crippen LogP contribution in [0, 0.1) is 10.1 Å². The first-order valence-electron chi connectivity index (χ1n) is 6.23. The van der Waals surface area contributed by atoms with Crippen molar-refractivity contribution in [1.82, 2.24) is 5.32 Å². The predicted molar refractivity (Wildman–Crippen MR) is 73.6 cm³/mol. The Morgan fingerprint density at radius 1 is 1.30 bits per heavy atom. The minimum atomic E-state index is -0.726. The Kier molecular flexibility index (Phi) is 7.10. The van der Waals surface area contributed by atoms with Crippen molar-refractivity contribution in [3.05, 3.63) is 39.9 Å². The molecule has 1 aromatic rings. The molecule has 0 aliphatic carbocycles. The average molecular weight is 284 g/mol. The third-order valence-corrected chi connectivity index (χ3v) is 2.88. The molecule has 2 atom stereocenters. The van der Waals surface area contributed by atoms with Gasteiger partial charge in [-0.1, -0.05) is 0 Å². The number of rotatable bonds is 9. The van der Waals surface area contributed by atoms with Gasteiger partial charge >= 0.3 is 0 Å². The Morgan fingerprint density at radius 2 is 1.95 bits per heavy atom. The van der Waals surface area contributed by atoms with E-state index in [9.17, 15) is 15.2 Å². The van der Waals surface area contributed by atoms with Crippen LogP contribution in [0.25, 0.3) is 0 Å². The monoisotopic (exact) mass is 284 g/mol. The van der Waals surface area contributed by atoms with E-state index >= 15 is 0 Å².